The second-order valence-corrected chi connectivity index (χ2v) is 6.09. The molecule has 0 radical (unpaired) electrons. The summed E-state index contributed by atoms with van der Waals surface area (Å²) in [5.41, 5.74) is -0.539. The van der Waals surface area contributed by atoms with E-state index in [1.807, 2.05) is 4.90 Å². The van der Waals surface area contributed by atoms with Gasteiger partial charge in [0.15, 0.2) is 23.2 Å². The lowest BCUT2D eigenvalue weighted by atomic mass is 10.2. The van der Waals surface area contributed by atoms with Crippen LogP contribution in [0.4, 0.5) is 13.2 Å². The maximum atomic E-state index is 13.6. The first-order chi connectivity index (χ1) is 13.0. The van der Waals surface area contributed by atoms with Crippen molar-refractivity contribution in [3.8, 4) is 0 Å². The number of carbonyl (C=O) groups is 2. The Morgan fingerprint density at radius 3 is 2.44 bits per heavy atom. The third-order valence-corrected chi connectivity index (χ3v) is 4.38. The van der Waals surface area contributed by atoms with Crippen molar-refractivity contribution in [2.45, 2.75) is 0 Å². The first-order valence-electron chi connectivity index (χ1n) is 8.44. The van der Waals surface area contributed by atoms with Gasteiger partial charge in [0.05, 0.1) is 11.8 Å². The van der Waals surface area contributed by atoms with Gasteiger partial charge in [-0.3, -0.25) is 14.5 Å². The number of benzene rings is 1. The van der Waals surface area contributed by atoms with Gasteiger partial charge in [-0.15, -0.1) is 0 Å². The number of hydrogen-bond acceptors (Lipinski definition) is 4. The largest absolute Gasteiger partial charge is 0.459 e. The lowest BCUT2D eigenvalue weighted by Gasteiger charge is -2.34. The maximum absolute atomic E-state index is 13.6. The quantitative estimate of drug-likeness (QED) is 0.804. The van der Waals surface area contributed by atoms with Crippen LogP contribution in [0.3, 0.4) is 0 Å². The molecule has 0 saturated carbocycles. The molecule has 0 aliphatic carbocycles. The Balaban J connectivity index is 1.44. The van der Waals surface area contributed by atoms with Crippen LogP contribution in [0.25, 0.3) is 0 Å². The van der Waals surface area contributed by atoms with E-state index in [9.17, 15) is 22.8 Å². The number of amides is 2. The molecule has 2 heterocycles. The highest BCUT2D eigenvalue weighted by Gasteiger charge is 2.24. The van der Waals surface area contributed by atoms with Crippen molar-refractivity contribution in [3.63, 3.8) is 0 Å². The van der Waals surface area contributed by atoms with Gasteiger partial charge < -0.3 is 14.6 Å². The van der Waals surface area contributed by atoms with Crippen LogP contribution in [0.5, 0.6) is 0 Å². The fourth-order valence-corrected chi connectivity index (χ4v) is 2.85. The summed E-state index contributed by atoms with van der Waals surface area (Å²) >= 11 is 0. The normalized spacial score (nSPS) is 15.0. The maximum Gasteiger partial charge on any atom is 0.289 e. The highest BCUT2D eigenvalue weighted by Crippen LogP contribution is 2.15. The Labute approximate surface area is 153 Å². The number of nitrogens with one attached hydrogen (secondary N) is 1. The van der Waals surface area contributed by atoms with Crippen molar-refractivity contribution in [3.05, 3.63) is 59.3 Å². The molecule has 0 unspecified atom stereocenters. The Morgan fingerprint density at radius 1 is 1.04 bits per heavy atom. The molecule has 1 aromatic heterocycles. The lowest BCUT2D eigenvalue weighted by molar-refractivity contribution is 0.0607. The minimum atomic E-state index is -1.67. The predicted molar refractivity (Wildman–Crippen MR) is 89.7 cm³/mol. The Hall–Kier alpha value is -2.81. The van der Waals surface area contributed by atoms with Crippen LogP contribution >= 0.6 is 0 Å². The van der Waals surface area contributed by atoms with Crippen molar-refractivity contribution in [1.82, 2.24) is 15.1 Å². The lowest BCUT2D eigenvalue weighted by Crippen LogP contribution is -2.50. The molecule has 0 spiro atoms. The Morgan fingerprint density at radius 2 is 1.78 bits per heavy atom. The van der Waals surface area contributed by atoms with Crippen molar-refractivity contribution >= 4 is 11.8 Å². The zero-order valence-corrected chi connectivity index (χ0v) is 14.4. The summed E-state index contributed by atoms with van der Waals surface area (Å²) in [6.07, 6.45) is 1.45. The molecule has 6 nitrogen and oxygen atoms in total. The van der Waals surface area contributed by atoms with Crippen molar-refractivity contribution < 1.29 is 27.2 Å². The van der Waals surface area contributed by atoms with Crippen LogP contribution in [-0.4, -0.2) is 60.9 Å². The van der Waals surface area contributed by atoms with Crippen LogP contribution < -0.4 is 5.32 Å². The number of carbonyl (C=O) groups excluding carboxylic acids is 2. The standard InChI is InChI=1S/C18H18F3N3O3/c19-13-4-3-12(15(20)16(13)21)17(25)22-5-6-23-7-9-24(10-8-23)18(26)14-2-1-11-27-14/h1-4,11H,5-10H2,(H,22,25). The molecule has 1 aliphatic rings. The van der Waals surface area contributed by atoms with E-state index in [-0.39, 0.29) is 12.5 Å². The van der Waals surface area contributed by atoms with Gasteiger partial charge in [-0.1, -0.05) is 0 Å². The second-order valence-electron chi connectivity index (χ2n) is 6.09. The molecular formula is C18H18F3N3O3. The fraction of sp³-hybridized carbons (Fsp3) is 0.333. The first kappa shape index (κ1) is 19.0. The smallest absolute Gasteiger partial charge is 0.289 e. The molecule has 1 fully saturated rings. The number of halogens is 3. The van der Waals surface area contributed by atoms with Gasteiger partial charge >= 0.3 is 0 Å². The first-order valence-corrected chi connectivity index (χ1v) is 8.44. The summed E-state index contributed by atoms with van der Waals surface area (Å²) < 4.78 is 44.8. The minimum Gasteiger partial charge on any atom is -0.459 e. The number of nitrogens with zero attached hydrogens (tertiary/aromatic N) is 2. The molecular weight excluding hydrogens is 363 g/mol. The number of piperazine rings is 1. The van der Waals surface area contributed by atoms with Crippen LogP contribution in [-0.2, 0) is 0 Å². The predicted octanol–water partition coefficient (Wildman–Crippen LogP) is 1.88. The zero-order chi connectivity index (χ0) is 19.4. The molecule has 1 aromatic carbocycles. The second kappa shape index (κ2) is 8.26. The summed E-state index contributed by atoms with van der Waals surface area (Å²) in [7, 11) is 0. The van der Waals surface area contributed by atoms with E-state index in [0.29, 0.717) is 44.6 Å². The molecule has 9 heteroatoms. The molecule has 1 aliphatic heterocycles. The summed E-state index contributed by atoms with van der Waals surface area (Å²) in [5.74, 6) is -5.19. The average molecular weight is 381 g/mol. The van der Waals surface area contributed by atoms with E-state index in [1.165, 1.54) is 6.26 Å². The van der Waals surface area contributed by atoms with Gasteiger partial charge in [-0.2, -0.15) is 0 Å². The van der Waals surface area contributed by atoms with Crippen molar-refractivity contribution in [1.29, 1.82) is 0 Å². The van der Waals surface area contributed by atoms with E-state index in [1.54, 1.807) is 17.0 Å². The summed E-state index contributed by atoms with van der Waals surface area (Å²) in [4.78, 5) is 27.8. The summed E-state index contributed by atoms with van der Waals surface area (Å²) in [6, 6.07) is 4.88. The van der Waals surface area contributed by atoms with E-state index < -0.39 is 28.9 Å². The number of hydrogen-bond donors (Lipinski definition) is 1. The molecule has 1 N–H and O–H groups in total. The minimum absolute atomic E-state index is 0.165. The molecule has 0 bridgehead atoms. The van der Waals surface area contributed by atoms with Crippen LogP contribution in [0, 0.1) is 17.5 Å². The van der Waals surface area contributed by atoms with Gasteiger partial charge in [0.25, 0.3) is 11.8 Å². The zero-order valence-electron chi connectivity index (χ0n) is 14.4. The highest BCUT2D eigenvalue weighted by atomic mass is 19.2. The van der Waals surface area contributed by atoms with Gasteiger partial charge in [-0.25, -0.2) is 13.2 Å². The van der Waals surface area contributed by atoms with Gasteiger partial charge in [-0.05, 0) is 24.3 Å². The molecule has 1 saturated heterocycles. The average Bonchev–Trinajstić information content (AvgIpc) is 3.21. The van der Waals surface area contributed by atoms with Crippen LogP contribution in [0.1, 0.15) is 20.9 Å². The van der Waals surface area contributed by atoms with Crippen molar-refractivity contribution in [2.24, 2.45) is 0 Å². The summed E-state index contributed by atoms with van der Waals surface area (Å²) in [6.45, 7) is 2.96. The number of rotatable bonds is 5. The van der Waals surface area contributed by atoms with E-state index in [4.69, 9.17) is 4.42 Å². The van der Waals surface area contributed by atoms with E-state index in [2.05, 4.69) is 5.32 Å². The van der Waals surface area contributed by atoms with Crippen LogP contribution in [0.2, 0.25) is 0 Å². The molecule has 2 amide bonds. The molecule has 3 rings (SSSR count). The SMILES string of the molecule is O=C(NCCN1CCN(C(=O)c2ccco2)CC1)c1ccc(F)c(F)c1F. The molecule has 144 valence electrons. The van der Waals surface area contributed by atoms with Crippen molar-refractivity contribution in [2.75, 3.05) is 39.3 Å². The summed E-state index contributed by atoms with van der Waals surface area (Å²) in [5, 5.41) is 2.48. The molecule has 27 heavy (non-hydrogen) atoms. The Bertz CT molecular complexity index is 819. The Kier molecular flexibility index (Phi) is 5.80. The van der Waals surface area contributed by atoms with E-state index >= 15 is 0 Å². The third-order valence-electron chi connectivity index (χ3n) is 4.38. The third kappa shape index (κ3) is 4.30. The molecule has 0 atom stereocenters. The van der Waals surface area contributed by atoms with Gasteiger partial charge in [0, 0.05) is 39.3 Å². The van der Waals surface area contributed by atoms with Gasteiger partial charge in [0.2, 0.25) is 0 Å². The van der Waals surface area contributed by atoms with Gasteiger partial charge in [0.1, 0.15) is 0 Å². The van der Waals surface area contributed by atoms with Crippen LogP contribution in [0.15, 0.2) is 34.9 Å². The highest BCUT2D eigenvalue weighted by molar-refractivity contribution is 5.94. The fourth-order valence-electron chi connectivity index (χ4n) is 2.85. The van der Waals surface area contributed by atoms with E-state index in [0.717, 1.165) is 6.07 Å². The molecule has 2 aromatic rings. The topological polar surface area (TPSA) is 65.8 Å². The monoisotopic (exact) mass is 381 g/mol. The number of furan rings is 1.